The third kappa shape index (κ3) is 5.60. The van der Waals surface area contributed by atoms with Crippen LogP contribution in [0.3, 0.4) is 0 Å². The van der Waals surface area contributed by atoms with Gasteiger partial charge in [0.1, 0.15) is 0 Å². The molecule has 2 fully saturated rings. The molecule has 0 bridgehead atoms. The van der Waals surface area contributed by atoms with Crippen LogP contribution in [0.15, 0.2) is 42.7 Å². The highest BCUT2D eigenvalue weighted by Crippen LogP contribution is 2.20. The molecule has 2 aliphatic rings. The number of piperidine rings is 1. The summed E-state index contributed by atoms with van der Waals surface area (Å²) in [6.45, 7) is 6.06. The average molecular weight is 396 g/mol. The first-order valence-corrected chi connectivity index (χ1v) is 11.1. The highest BCUT2D eigenvalue weighted by Gasteiger charge is 2.24. The first-order chi connectivity index (χ1) is 14.3. The minimum Gasteiger partial charge on any atom is -0.334 e. The fourth-order valence-corrected chi connectivity index (χ4v) is 4.48. The van der Waals surface area contributed by atoms with Crippen molar-refractivity contribution in [2.45, 2.75) is 45.1 Å². The number of hydrogen-bond acceptors (Lipinski definition) is 3. The van der Waals surface area contributed by atoms with E-state index in [1.54, 1.807) is 6.20 Å². The Kier molecular flexibility index (Phi) is 6.83. The number of urea groups is 1. The normalized spacial score (nSPS) is 19.1. The number of rotatable bonds is 5. The third-order valence-electron chi connectivity index (χ3n) is 6.27. The predicted molar refractivity (Wildman–Crippen MR) is 115 cm³/mol. The fourth-order valence-electron chi connectivity index (χ4n) is 4.48. The number of amides is 2. The first kappa shape index (κ1) is 20.0. The molecule has 0 saturated carbocycles. The smallest absolute Gasteiger partial charge is 0.317 e. The molecule has 156 valence electrons. The van der Waals surface area contributed by atoms with Crippen molar-refractivity contribution in [3.05, 3.63) is 48.3 Å². The van der Waals surface area contributed by atoms with E-state index in [4.69, 9.17) is 0 Å². The van der Waals surface area contributed by atoms with Gasteiger partial charge in [0.05, 0.1) is 5.69 Å². The second-order valence-corrected chi connectivity index (χ2v) is 8.42. The van der Waals surface area contributed by atoms with Gasteiger partial charge in [0.2, 0.25) is 0 Å². The maximum Gasteiger partial charge on any atom is 0.317 e. The molecule has 1 aromatic heterocycles. The van der Waals surface area contributed by atoms with E-state index < -0.39 is 0 Å². The number of likely N-dealkylation sites (tertiary alicyclic amines) is 2. The molecule has 1 N–H and O–H groups in total. The van der Waals surface area contributed by atoms with Crippen LogP contribution in [0.2, 0.25) is 0 Å². The second kappa shape index (κ2) is 9.92. The van der Waals surface area contributed by atoms with Crippen molar-refractivity contribution in [3.63, 3.8) is 0 Å². The van der Waals surface area contributed by atoms with Gasteiger partial charge in [0.25, 0.3) is 0 Å². The minimum absolute atomic E-state index is 0.0642. The van der Waals surface area contributed by atoms with Crippen molar-refractivity contribution in [2.75, 3.05) is 32.7 Å². The lowest BCUT2D eigenvalue weighted by Crippen LogP contribution is -2.45. The van der Waals surface area contributed by atoms with Crippen LogP contribution >= 0.6 is 0 Å². The molecular weight excluding hydrogens is 362 g/mol. The van der Waals surface area contributed by atoms with E-state index in [0.29, 0.717) is 6.54 Å². The molecule has 2 aromatic rings. The Bertz CT molecular complexity index is 742. The monoisotopic (exact) mass is 395 g/mol. The Hall–Kier alpha value is -2.34. The van der Waals surface area contributed by atoms with Gasteiger partial charge in [-0.3, -0.25) is 0 Å². The third-order valence-corrected chi connectivity index (χ3v) is 6.27. The van der Waals surface area contributed by atoms with Crippen molar-refractivity contribution in [2.24, 2.45) is 5.92 Å². The zero-order valence-electron chi connectivity index (χ0n) is 17.3. The van der Waals surface area contributed by atoms with Gasteiger partial charge in [-0.15, -0.1) is 0 Å². The highest BCUT2D eigenvalue weighted by atomic mass is 16.2. The van der Waals surface area contributed by atoms with E-state index in [2.05, 4.69) is 15.3 Å². The zero-order chi connectivity index (χ0) is 19.9. The van der Waals surface area contributed by atoms with Gasteiger partial charge in [-0.1, -0.05) is 25.0 Å². The quantitative estimate of drug-likeness (QED) is 0.840. The van der Waals surface area contributed by atoms with E-state index in [-0.39, 0.29) is 6.03 Å². The first-order valence-electron chi connectivity index (χ1n) is 11.1. The minimum atomic E-state index is 0.0642. The number of nitrogens with one attached hydrogen (secondary N) is 1. The standard InChI is InChI=1S/C23H33N5O/c29-23(24-18-20-6-8-22(9-7-20)28-15-5-12-25-28)27-16-10-21(11-17-27)19-26-13-3-1-2-4-14-26/h5-9,12,15,21H,1-4,10-11,13-14,16-19H2,(H,24,29). The van der Waals surface area contributed by atoms with Gasteiger partial charge < -0.3 is 15.1 Å². The SMILES string of the molecule is O=C(NCc1ccc(-n2cccn2)cc1)N1CCC(CN2CCCCCC2)CC1. The molecule has 0 unspecified atom stereocenters. The maximum absolute atomic E-state index is 12.6. The summed E-state index contributed by atoms with van der Waals surface area (Å²) in [4.78, 5) is 17.2. The van der Waals surface area contributed by atoms with Crippen LogP contribution in [-0.2, 0) is 6.54 Å². The second-order valence-electron chi connectivity index (χ2n) is 8.42. The van der Waals surface area contributed by atoms with E-state index in [1.807, 2.05) is 46.1 Å². The molecule has 0 radical (unpaired) electrons. The molecule has 0 spiro atoms. The molecule has 6 heteroatoms. The Labute approximate surface area is 173 Å². The van der Waals surface area contributed by atoms with Crippen LogP contribution in [0.1, 0.15) is 44.1 Å². The molecule has 4 rings (SSSR count). The summed E-state index contributed by atoms with van der Waals surface area (Å²) < 4.78 is 1.83. The van der Waals surface area contributed by atoms with Gasteiger partial charge in [-0.2, -0.15) is 5.10 Å². The average Bonchev–Trinajstić information content (AvgIpc) is 3.18. The van der Waals surface area contributed by atoms with Crippen LogP contribution in [0.5, 0.6) is 0 Å². The fraction of sp³-hybridized carbons (Fsp3) is 0.565. The summed E-state index contributed by atoms with van der Waals surface area (Å²) in [5.41, 5.74) is 2.13. The molecule has 2 amide bonds. The van der Waals surface area contributed by atoms with Crippen molar-refractivity contribution < 1.29 is 4.79 Å². The van der Waals surface area contributed by atoms with Crippen LogP contribution in [0.4, 0.5) is 4.79 Å². The molecule has 1 aromatic carbocycles. The molecular formula is C23H33N5O. The molecule has 29 heavy (non-hydrogen) atoms. The number of nitrogens with zero attached hydrogens (tertiary/aromatic N) is 4. The molecule has 6 nitrogen and oxygen atoms in total. The lowest BCUT2D eigenvalue weighted by molar-refractivity contribution is 0.147. The molecule has 0 aliphatic carbocycles. The van der Waals surface area contributed by atoms with Crippen LogP contribution in [0.25, 0.3) is 5.69 Å². The summed E-state index contributed by atoms with van der Waals surface area (Å²) in [6, 6.07) is 10.1. The van der Waals surface area contributed by atoms with E-state index in [1.165, 1.54) is 45.3 Å². The predicted octanol–water partition coefficient (Wildman–Crippen LogP) is 3.67. The van der Waals surface area contributed by atoms with Gasteiger partial charge in [0.15, 0.2) is 0 Å². The van der Waals surface area contributed by atoms with Crippen molar-refractivity contribution in [1.29, 1.82) is 0 Å². The lowest BCUT2D eigenvalue weighted by Gasteiger charge is -2.34. The Balaban J connectivity index is 1.19. The number of aromatic nitrogens is 2. The van der Waals surface area contributed by atoms with Gasteiger partial charge in [0, 0.05) is 38.6 Å². The molecule has 2 aliphatic heterocycles. The highest BCUT2D eigenvalue weighted by molar-refractivity contribution is 5.74. The molecule has 0 atom stereocenters. The van der Waals surface area contributed by atoms with Crippen LogP contribution in [-0.4, -0.2) is 58.3 Å². The number of carbonyl (C=O) groups is 1. The summed E-state index contributed by atoms with van der Waals surface area (Å²) in [6.07, 6.45) is 11.4. The zero-order valence-corrected chi connectivity index (χ0v) is 17.3. The topological polar surface area (TPSA) is 53.4 Å². The van der Waals surface area contributed by atoms with Gasteiger partial charge >= 0.3 is 6.03 Å². The summed E-state index contributed by atoms with van der Waals surface area (Å²) in [7, 11) is 0. The Morgan fingerprint density at radius 3 is 2.38 bits per heavy atom. The largest absolute Gasteiger partial charge is 0.334 e. The van der Waals surface area contributed by atoms with E-state index in [0.717, 1.165) is 43.1 Å². The number of carbonyl (C=O) groups excluding carboxylic acids is 1. The molecule has 3 heterocycles. The molecule has 2 saturated heterocycles. The van der Waals surface area contributed by atoms with Gasteiger partial charge in [-0.25, -0.2) is 9.48 Å². The maximum atomic E-state index is 12.6. The summed E-state index contributed by atoms with van der Waals surface area (Å²) in [5, 5.41) is 7.32. The van der Waals surface area contributed by atoms with Gasteiger partial charge in [-0.05, 0) is 68.5 Å². The number of hydrogen-bond donors (Lipinski definition) is 1. The van der Waals surface area contributed by atoms with Crippen LogP contribution in [0, 0.1) is 5.92 Å². The summed E-state index contributed by atoms with van der Waals surface area (Å²) >= 11 is 0. The lowest BCUT2D eigenvalue weighted by atomic mass is 9.96. The van der Waals surface area contributed by atoms with Crippen LogP contribution < -0.4 is 5.32 Å². The van der Waals surface area contributed by atoms with Crippen molar-refractivity contribution >= 4 is 6.03 Å². The van der Waals surface area contributed by atoms with Crippen molar-refractivity contribution in [1.82, 2.24) is 24.9 Å². The van der Waals surface area contributed by atoms with E-state index >= 15 is 0 Å². The van der Waals surface area contributed by atoms with Crippen molar-refractivity contribution in [3.8, 4) is 5.69 Å². The Morgan fingerprint density at radius 2 is 1.72 bits per heavy atom. The Morgan fingerprint density at radius 1 is 1.00 bits per heavy atom. The van der Waals surface area contributed by atoms with E-state index in [9.17, 15) is 4.79 Å². The number of benzene rings is 1. The summed E-state index contributed by atoms with van der Waals surface area (Å²) in [5.74, 6) is 0.743.